The van der Waals surface area contributed by atoms with Gasteiger partial charge in [0, 0.05) is 31.3 Å². The maximum absolute atomic E-state index is 13.6. The normalized spacial score (nSPS) is 21.8. The number of carbonyl (C=O) groups excluding carboxylic acids is 3. The number of hydrogen-bond donors (Lipinski definition) is 4. The molecule has 3 aromatic heterocycles. The van der Waals surface area contributed by atoms with E-state index in [9.17, 15) is 14.4 Å². The van der Waals surface area contributed by atoms with Gasteiger partial charge in [0.15, 0.2) is 0 Å². The smallest absolute Gasteiger partial charge is 0.407 e. The summed E-state index contributed by atoms with van der Waals surface area (Å²) in [6, 6.07) is 19.7. The maximum atomic E-state index is 13.6. The van der Waals surface area contributed by atoms with Crippen LogP contribution in [0.3, 0.4) is 0 Å². The lowest BCUT2D eigenvalue weighted by atomic mass is 9.78. The maximum Gasteiger partial charge on any atom is 0.407 e. The minimum Gasteiger partial charge on any atom is -0.481 e. The molecule has 1 aliphatic heterocycles. The standard InChI is InChI=1S/C44H50N8O5/c1-25(2)39(51-44(55)57-4)43(54)52-19-5-6-35(52)40-46-23-33(49-40)29-12-8-27(9-13-29)28-10-14-30(15-11-28)34-24-47-41(50-34)37-31-16-17-32(20-31)38(37)42(53)48-22-26-7-18-36(56-3)45-21-26/h7-15,18,21,23-25,31-32,35,37-39H,5-6,16-17,19-20,22H2,1-4H3,(H,46,49)(H,47,50)(H,48,53)(H,51,55)/t31?,32?,35-,37?,38-,39-/m0/s1. The van der Waals surface area contributed by atoms with E-state index in [1.165, 1.54) is 7.11 Å². The first kappa shape index (κ1) is 37.9. The van der Waals surface area contributed by atoms with Gasteiger partial charge in [-0.25, -0.2) is 19.7 Å². The van der Waals surface area contributed by atoms with Crippen molar-refractivity contribution in [2.24, 2.45) is 23.7 Å². The Kier molecular flexibility index (Phi) is 10.8. The summed E-state index contributed by atoms with van der Waals surface area (Å²) in [7, 11) is 2.88. The second kappa shape index (κ2) is 16.2. The van der Waals surface area contributed by atoms with Gasteiger partial charge in [0.25, 0.3) is 0 Å². The van der Waals surface area contributed by atoms with Gasteiger partial charge in [0.1, 0.15) is 17.7 Å². The molecule has 3 aliphatic rings. The second-order valence-corrected chi connectivity index (χ2v) is 15.9. The van der Waals surface area contributed by atoms with Crippen molar-refractivity contribution in [3.8, 4) is 39.5 Å². The van der Waals surface area contributed by atoms with Crippen LogP contribution >= 0.6 is 0 Å². The molecule has 2 bridgehead atoms. The first-order chi connectivity index (χ1) is 27.7. The van der Waals surface area contributed by atoms with Crippen molar-refractivity contribution in [3.05, 3.63) is 96.5 Å². The Bertz CT molecular complexity index is 2200. The van der Waals surface area contributed by atoms with Crippen molar-refractivity contribution in [2.45, 2.75) is 70.5 Å². The molecule has 2 aliphatic carbocycles. The molecule has 1 saturated heterocycles. The second-order valence-electron chi connectivity index (χ2n) is 15.9. The van der Waals surface area contributed by atoms with E-state index in [-0.39, 0.29) is 35.6 Å². The minimum absolute atomic E-state index is 0.0717. The molecule has 3 fully saturated rings. The molecule has 13 nitrogen and oxygen atoms in total. The van der Waals surface area contributed by atoms with E-state index in [2.05, 4.69) is 79.1 Å². The highest BCUT2D eigenvalue weighted by Crippen LogP contribution is 2.56. The van der Waals surface area contributed by atoms with Gasteiger partial charge in [-0.15, -0.1) is 0 Å². The van der Waals surface area contributed by atoms with Gasteiger partial charge in [0.05, 0.1) is 50.0 Å². The third-order valence-electron chi connectivity index (χ3n) is 12.2. The molecule has 4 N–H and O–H groups in total. The summed E-state index contributed by atoms with van der Waals surface area (Å²) in [5, 5.41) is 5.88. The zero-order chi connectivity index (χ0) is 39.6. The Hall–Kier alpha value is -5.98. The first-order valence-electron chi connectivity index (χ1n) is 19.9. The number of fused-ring (bicyclic) bond motifs is 2. The molecule has 296 valence electrons. The van der Waals surface area contributed by atoms with Crippen molar-refractivity contribution in [2.75, 3.05) is 20.8 Å². The third-order valence-corrected chi connectivity index (χ3v) is 12.2. The molecule has 4 heterocycles. The molecular formula is C44H50N8O5. The topological polar surface area (TPSA) is 167 Å². The molecule has 2 saturated carbocycles. The average molecular weight is 771 g/mol. The lowest BCUT2D eigenvalue weighted by molar-refractivity contribution is -0.135. The molecule has 5 aromatic rings. The molecule has 0 radical (unpaired) electrons. The van der Waals surface area contributed by atoms with Crippen LogP contribution in [-0.2, 0) is 20.9 Å². The summed E-state index contributed by atoms with van der Waals surface area (Å²) in [5.41, 5.74) is 6.96. The Morgan fingerprint density at radius 3 is 2.04 bits per heavy atom. The number of ether oxygens (including phenoxy) is 2. The largest absolute Gasteiger partial charge is 0.481 e. The lowest BCUT2D eigenvalue weighted by Gasteiger charge is -2.30. The quantitative estimate of drug-likeness (QED) is 0.105. The van der Waals surface area contributed by atoms with Gasteiger partial charge in [-0.2, -0.15) is 0 Å². The molecule has 3 amide bonds. The fraction of sp³-hybridized carbons (Fsp3) is 0.409. The number of benzene rings is 2. The molecule has 6 atom stereocenters. The Labute approximate surface area is 332 Å². The average Bonchev–Trinajstić information content (AvgIpc) is 4.10. The highest BCUT2D eigenvalue weighted by molar-refractivity contribution is 5.86. The minimum atomic E-state index is -0.680. The number of pyridine rings is 1. The van der Waals surface area contributed by atoms with Gasteiger partial charge in [-0.05, 0) is 77.7 Å². The van der Waals surface area contributed by atoms with E-state index in [1.807, 2.05) is 43.3 Å². The predicted molar refractivity (Wildman–Crippen MR) is 215 cm³/mol. The van der Waals surface area contributed by atoms with Gasteiger partial charge >= 0.3 is 6.09 Å². The highest BCUT2D eigenvalue weighted by atomic mass is 16.5. The van der Waals surface area contributed by atoms with Crippen molar-refractivity contribution >= 4 is 17.9 Å². The predicted octanol–water partition coefficient (Wildman–Crippen LogP) is 7.03. The summed E-state index contributed by atoms with van der Waals surface area (Å²) in [6.45, 7) is 4.85. The van der Waals surface area contributed by atoms with E-state index in [0.29, 0.717) is 30.8 Å². The number of H-pyrrole nitrogens is 2. The van der Waals surface area contributed by atoms with Crippen LogP contribution in [0.5, 0.6) is 5.88 Å². The number of methoxy groups -OCH3 is 2. The fourth-order valence-corrected chi connectivity index (χ4v) is 9.19. The molecule has 57 heavy (non-hydrogen) atoms. The van der Waals surface area contributed by atoms with Crippen LogP contribution in [0.1, 0.15) is 75.1 Å². The Morgan fingerprint density at radius 2 is 1.42 bits per heavy atom. The highest BCUT2D eigenvalue weighted by Gasteiger charge is 2.52. The molecule has 3 unspecified atom stereocenters. The fourth-order valence-electron chi connectivity index (χ4n) is 9.19. The number of aromatic nitrogens is 5. The van der Waals surface area contributed by atoms with Crippen LogP contribution in [0.15, 0.2) is 79.3 Å². The zero-order valence-electron chi connectivity index (χ0n) is 32.8. The van der Waals surface area contributed by atoms with Crippen molar-refractivity contribution < 1.29 is 23.9 Å². The number of nitrogens with zero attached hydrogens (tertiary/aromatic N) is 4. The number of imidazole rings is 2. The number of rotatable bonds is 12. The number of nitrogens with one attached hydrogen (secondary N) is 4. The van der Waals surface area contributed by atoms with Crippen LogP contribution in [0.4, 0.5) is 4.79 Å². The van der Waals surface area contributed by atoms with Crippen LogP contribution in [0.25, 0.3) is 33.6 Å². The van der Waals surface area contributed by atoms with E-state index >= 15 is 0 Å². The van der Waals surface area contributed by atoms with E-state index in [4.69, 9.17) is 14.5 Å². The van der Waals surface area contributed by atoms with Crippen LogP contribution in [-0.4, -0.2) is 74.5 Å². The molecule has 2 aromatic carbocycles. The number of hydrogen-bond acceptors (Lipinski definition) is 8. The van der Waals surface area contributed by atoms with Gasteiger partial charge < -0.3 is 35.0 Å². The number of amides is 3. The SMILES string of the molecule is COC(=O)N[C@H](C(=O)N1CCC[C@H]1c1ncc(-c2ccc(-c3ccc(-c4cnc(C5C6CCC(C6)[C@@H]5C(=O)NCc5ccc(OC)nc5)[nH]4)cc3)cc2)[nH]1)C(C)C. The molecular weight excluding hydrogens is 721 g/mol. The lowest BCUT2D eigenvalue weighted by Crippen LogP contribution is -2.51. The third kappa shape index (κ3) is 7.75. The summed E-state index contributed by atoms with van der Waals surface area (Å²) in [6.07, 6.45) is 9.76. The number of alkyl carbamates (subject to hydrolysis) is 1. The number of aromatic amines is 2. The molecule has 13 heteroatoms. The number of likely N-dealkylation sites (tertiary alicyclic amines) is 1. The Balaban J connectivity index is 0.910. The summed E-state index contributed by atoms with van der Waals surface area (Å²) >= 11 is 0. The summed E-state index contributed by atoms with van der Waals surface area (Å²) in [4.78, 5) is 61.8. The Morgan fingerprint density at radius 1 is 0.789 bits per heavy atom. The van der Waals surface area contributed by atoms with Crippen LogP contribution < -0.4 is 15.4 Å². The van der Waals surface area contributed by atoms with Crippen LogP contribution in [0.2, 0.25) is 0 Å². The van der Waals surface area contributed by atoms with Gasteiger partial charge in [-0.1, -0.05) is 68.4 Å². The van der Waals surface area contributed by atoms with Crippen molar-refractivity contribution in [3.63, 3.8) is 0 Å². The van der Waals surface area contributed by atoms with E-state index in [0.717, 1.165) is 83.0 Å². The summed E-state index contributed by atoms with van der Waals surface area (Å²) < 4.78 is 9.92. The first-order valence-corrected chi connectivity index (χ1v) is 19.9. The monoisotopic (exact) mass is 770 g/mol. The molecule has 8 rings (SSSR count). The van der Waals surface area contributed by atoms with Crippen molar-refractivity contribution in [1.82, 2.24) is 40.5 Å². The van der Waals surface area contributed by atoms with E-state index < -0.39 is 12.1 Å². The van der Waals surface area contributed by atoms with E-state index in [1.54, 1.807) is 13.3 Å². The van der Waals surface area contributed by atoms with Crippen LogP contribution in [0, 0.1) is 23.7 Å². The van der Waals surface area contributed by atoms with Gasteiger partial charge in [0.2, 0.25) is 17.7 Å². The molecule has 0 spiro atoms. The summed E-state index contributed by atoms with van der Waals surface area (Å²) in [5.74, 6) is 2.83. The number of carbonyl (C=O) groups is 3. The van der Waals surface area contributed by atoms with Gasteiger partial charge in [-0.3, -0.25) is 9.59 Å². The zero-order valence-corrected chi connectivity index (χ0v) is 32.8. The van der Waals surface area contributed by atoms with Crippen molar-refractivity contribution in [1.29, 1.82) is 0 Å².